The molecule has 1 aromatic rings. The highest BCUT2D eigenvalue weighted by Crippen LogP contribution is 2.31. The van der Waals surface area contributed by atoms with Crippen LogP contribution in [0.5, 0.6) is 11.5 Å². The van der Waals surface area contributed by atoms with Crippen molar-refractivity contribution in [2.24, 2.45) is 0 Å². The summed E-state index contributed by atoms with van der Waals surface area (Å²) in [4.78, 5) is 0. The Balaban J connectivity index is 2.37. The molecule has 1 aliphatic heterocycles. The van der Waals surface area contributed by atoms with E-state index in [0.29, 0.717) is 24.6 Å². The monoisotopic (exact) mass is 209 g/mol. The molecule has 2 rings (SSSR count). The molecule has 1 heterocycles. The molecule has 0 atom stereocenters. The summed E-state index contributed by atoms with van der Waals surface area (Å²) >= 11 is 0. The molecular weight excluding hydrogens is 194 g/mol. The van der Waals surface area contributed by atoms with Crippen LogP contribution in [0.2, 0.25) is 0 Å². The Morgan fingerprint density at radius 2 is 1.67 bits per heavy atom. The second kappa shape index (κ2) is 3.72. The molecule has 2 N–H and O–H groups in total. The van der Waals surface area contributed by atoms with E-state index in [9.17, 15) is 5.11 Å². The van der Waals surface area contributed by atoms with E-state index in [1.54, 1.807) is 20.3 Å². The van der Waals surface area contributed by atoms with E-state index in [4.69, 9.17) is 9.47 Å². The second-order valence-corrected chi connectivity index (χ2v) is 3.74. The second-order valence-electron chi connectivity index (χ2n) is 3.74. The third-order valence-corrected chi connectivity index (χ3v) is 2.72. The highest BCUT2D eigenvalue weighted by atomic mass is 16.5. The van der Waals surface area contributed by atoms with Gasteiger partial charge < -0.3 is 19.9 Å². The Morgan fingerprint density at radius 1 is 1.13 bits per heavy atom. The van der Waals surface area contributed by atoms with Crippen LogP contribution >= 0.6 is 0 Å². The van der Waals surface area contributed by atoms with Crippen molar-refractivity contribution in [3.8, 4) is 11.5 Å². The van der Waals surface area contributed by atoms with Crippen molar-refractivity contribution >= 4 is 0 Å². The molecule has 4 nitrogen and oxygen atoms in total. The van der Waals surface area contributed by atoms with Crippen LogP contribution in [-0.4, -0.2) is 32.4 Å². The first-order valence-electron chi connectivity index (χ1n) is 4.84. The molecule has 0 aromatic heterocycles. The topological polar surface area (TPSA) is 50.7 Å². The molecular formula is C11H15NO3. The van der Waals surface area contributed by atoms with Crippen molar-refractivity contribution in [1.82, 2.24) is 5.32 Å². The lowest BCUT2D eigenvalue weighted by Crippen LogP contribution is -2.56. The SMILES string of the molecule is COc1cc(OC)cc(C2(O)CNC2)c1. The molecule has 0 spiro atoms. The van der Waals surface area contributed by atoms with Gasteiger partial charge in [-0.2, -0.15) is 0 Å². The summed E-state index contributed by atoms with van der Waals surface area (Å²) in [5.41, 5.74) is 0.0550. The number of β-amino-alcohol motifs (C(OH)–C–C–N with tert-alkyl or cyclic N) is 1. The maximum Gasteiger partial charge on any atom is 0.122 e. The molecule has 0 bridgehead atoms. The normalized spacial score (nSPS) is 18.1. The number of methoxy groups -OCH3 is 2. The van der Waals surface area contributed by atoms with Gasteiger partial charge in [0.25, 0.3) is 0 Å². The van der Waals surface area contributed by atoms with Crippen LogP contribution in [0.25, 0.3) is 0 Å². The quantitative estimate of drug-likeness (QED) is 0.761. The Kier molecular flexibility index (Phi) is 2.54. The molecule has 1 saturated heterocycles. The number of aliphatic hydroxyl groups is 1. The fourth-order valence-electron chi connectivity index (χ4n) is 1.64. The summed E-state index contributed by atoms with van der Waals surface area (Å²) in [6.45, 7) is 1.15. The maximum atomic E-state index is 10.1. The first-order chi connectivity index (χ1) is 7.18. The molecule has 1 fully saturated rings. The van der Waals surface area contributed by atoms with Crippen molar-refractivity contribution in [2.75, 3.05) is 27.3 Å². The fourth-order valence-corrected chi connectivity index (χ4v) is 1.64. The lowest BCUT2D eigenvalue weighted by Gasteiger charge is -2.38. The lowest BCUT2D eigenvalue weighted by molar-refractivity contribution is -0.0149. The molecule has 1 aromatic carbocycles. The van der Waals surface area contributed by atoms with Crippen molar-refractivity contribution in [3.05, 3.63) is 23.8 Å². The minimum Gasteiger partial charge on any atom is -0.497 e. The predicted molar refractivity (Wildman–Crippen MR) is 56.3 cm³/mol. The third kappa shape index (κ3) is 1.78. The van der Waals surface area contributed by atoms with Crippen molar-refractivity contribution in [2.45, 2.75) is 5.60 Å². The zero-order chi connectivity index (χ0) is 10.9. The van der Waals surface area contributed by atoms with Gasteiger partial charge >= 0.3 is 0 Å². The van der Waals surface area contributed by atoms with Gasteiger partial charge in [0.15, 0.2) is 0 Å². The smallest absolute Gasteiger partial charge is 0.122 e. The predicted octanol–water partition coefficient (Wildman–Crippen LogP) is 0.495. The van der Waals surface area contributed by atoms with Gasteiger partial charge in [0.05, 0.1) is 14.2 Å². The lowest BCUT2D eigenvalue weighted by atomic mass is 9.88. The van der Waals surface area contributed by atoms with Crippen LogP contribution in [0.3, 0.4) is 0 Å². The van der Waals surface area contributed by atoms with Crippen molar-refractivity contribution < 1.29 is 14.6 Å². The summed E-state index contributed by atoms with van der Waals surface area (Å²) in [7, 11) is 3.20. The van der Waals surface area contributed by atoms with Crippen LogP contribution in [0.1, 0.15) is 5.56 Å². The Morgan fingerprint density at radius 3 is 2.00 bits per heavy atom. The highest BCUT2D eigenvalue weighted by molar-refractivity contribution is 5.42. The van der Waals surface area contributed by atoms with Gasteiger partial charge in [0.2, 0.25) is 0 Å². The van der Waals surface area contributed by atoms with Gasteiger partial charge in [-0.15, -0.1) is 0 Å². The van der Waals surface area contributed by atoms with Gasteiger partial charge in [-0.05, 0) is 17.7 Å². The van der Waals surface area contributed by atoms with E-state index in [-0.39, 0.29) is 0 Å². The van der Waals surface area contributed by atoms with Crippen LogP contribution in [0.15, 0.2) is 18.2 Å². The minimum absolute atomic E-state index is 0.573. The molecule has 0 amide bonds. The molecule has 0 radical (unpaired) electrons. The van der Waals surface area contributed by atoms with Crippen LogP contribution in [-0.2, 0) is 5.60 Å². The van der Waals surface area contributed by atoms with E-state index in [0.717, 1.165) is 5.56 Å². The maximum absolute atomic E-state index is 10.1. The minimum atomic E-state index is -0.776. The number of rotatable bonds is 3. The largest absolute Gasteiger partial charge is 0.497 e. The molecule has 4 heteroatoms. The average Bonchev–Trinajstić information content (AvgIpc) is 2.25. The summed E-state index contributed by atoms with van der Waals surface area (Å²) < 4.78 is 10.3. The van der Waals surface area contributed by atoms with E-state index in [2.05, 4.69) is 5.32 Å². The molecule has 0 unspecified atom stereocenters. The van der Waals surface area contributed by atoms with Gasteiger partial charge in [0.1, 0.15) is 17.1 Å². The zero-order valence-corrected chi connectivity index (χ0v) is 8.91. The average molecular weight is 209 g/mol. The molecule has 1 aliphatic rings. The highest BCUT2D eigenvalue weighted by Gasteiger charge is 2.36. The van der Waals surface area contributed by atoms with Crippen molar-refractivity contribution in [1.29, 1.82) is 0 Å². The Bertz CT molecular complexity index is 339. The molecule has 82 valence electrons. The Labute approximate surface area is 88.8 Å². The van der Waals surface area contributed by atoms with Crippen molar-refractivity contribution in [3.63, 3.8) is 0 Å². The zero-order valence-electron chi connectivity index (χ0n) is 8.91. The van der Waals surface area contributed by atoms with Gasteiger partial charge in [-0.3, -0.25) is 0 Å². The summed E-state index contributed by atoms with van der Waals surface area (Å²) in [5, 5.41) is 13.2. The Hall–Kier alpha value is -1.26. The number of hydrogen-bond donors (Lipinski definition) is 2. The number of benzene rings is 1. The van der Waals surface area contributed by atoms with Gasteiger partial charge in [0, 0.05) is 19.2 Å². The standard InChI is InChI=1S/C11H15NO3/c1-14-9-3-8(4-10(5-9)15-2)11(13)6-12-7-11/h3-5,12-13H,6-7H2,1-2H3. The van der Waals surface area contributed by atoms with E-state index >= 15 is 0 Å². The molecule has 15 heavy (non-hydrogen) atoms. The van der Waals surface area contributed by atoms with E-state index in [1.165, 1.54) is 0 Å². The van der Waals surface area contributed by atoms with Gasteiger partial charge in [-0.1, -0.05) is 0 Å². The van der Waals surface area contributed by atoms with Crippen LogP contribution in [0.4, 0.5) is 0 Å². The number of nitrogens with one attached hydrogen (secondary N) is 1. The van der Waals surface area contributed by atoms with E-state index in [1.807, 2.05) is 12.1 Å². The first-order valence-corrected chi connectivity index (χ1v) is 4.84. The summed E-state index contributed by atoms with van der Waals surface area (Å²) in [6, 6.07) is 5.46. The van der Waals surface area contributed by atoms with E-state index < -0.39 is 5.60 Å². The van der Waals surface area contributed by atoms with Gasteiger partial charge in [-0.25, -0.2) is 0 Å². The summed E-state index contributed by atoms with van der Waals surface area (Å²) in [5.74, 6) is 1.40. The molecule has 0 saturated carbocycles. The summed E-state index contributed by atoms with van der Waals surface area (Å²) in [6.07, 6.45) is 0. The fraction of sp³-hybridized carbons (Fsp3) is 0.455. The number of hydrogen-bond acceptors (Lipinski definition) is 4. The third-order valence-electron chi connectivity index (χ3n) is 2.72. The molecule has 0 aliphatic carbocycles. The van der Waals surface area contributed by atoms with Crippen LogP contribution < -0.4 is 14.8 Å². The van der Waals surface area contributed by atoms with Crippen LogP contribution in [0, 0.1) is 0 Å². The first kappa shape index (κ1) is 10.3. The number of ether oxygens (including phenoxy) is 2.